The van der Waals surface area contributed by atoms with Gasteiger partial charge in [0.05, 0.1) is 23.1 Å². The first-order valence-corrected chi connectivity index (χ1v) is 7.88. The van der Waals surface area contributed by atoms with Crippen LogP contribution in [0.15, 0.2) is 47.5 Å². The van der Waals surface area contributed by atoms with Gasteiger partial charge in [0.15, 0.2) is 0 Å². The summed E-state index contributed by atoms with van der Waals surface area (Å²) in [4.78, 5) is 21.1. The molecule has 0 atom stereocenters. The highest BCUT2D eigenvalue weighted by atomic mass is 16.1. The number of benzene rings is 1. The summed E-state index contributed by atoms with van der Waals surface area (Å²) in [6.45, 7) is 2.17. The summed E-state index contributed by atoms with van der Waals surface area (Å²) in [6.07, 6.45) is 4.63. The maximum Gasteiger partial charge on any atom is 0.257 e. The molecule has 0 unspecified atom stereocenters. The van der Waals surface area contributed by atoms with Crippen molar-refractivity contribution >= 4 is 5.95 Å². The summed E-state index contributed by atoms with van der Waals surface area (Å²) >= 11 is 0. The fourth-order valence-corrected chi connectivity index (χ4v) is 3.06. The molecule has 7 nitrogen and oxygen atoms in total. The van der Waals surface area contributed by atoms with Crippen molar-refractivity contribution in [2.24, 2.45) is 0 Å². The molecular weight excluding hydrogens is 304 g/mol. The van der Waals surface area contributed by atoms with Gasteiger partial charge in [0.25, 0.3) is 5.56 Å². The summed E-state index contributed by atoms with van der Waals surface area (Å²) in [5.74, 6) is 0.191. The second-order valence-electron chi connectivity index (χ2n) is 5.97. The largest absolute Gasteiger partial charge is 0.369 e. The van der Waals surface area contributed by atoms with Crippen LogP contribution in [-0.4, -0.2) is 31.2 Å². The topological polar surface area (TPSA) is 92.8 Å². The number of nitrogens with two attached hydrogens (primary N) is 1. The van der Waals surface area contributed by atoms with E-state index in [1.807, 2.05) is 47.4 Å². The minimum atomic E-state index is -0.137. The second-order valence-corrected chi connectivity index (χ2v) is 5.97. The molecule has 4 rings (SSSR count). The van der Waals surface area contributed by atoms with Crippen molar-refractivity contribution in [3.8, 4) is 5.69 Å². The fraction of sp³-hybridized carbons (Fsp3) is 0.235. The molecule has 0 saturated carbocycles. The lowest BCUT2D eigenvalue weighted by Crippen LogP contribution is -2.35. The summed E-state index contributed by atoms with van der Waals surface area (Å²) < 4.78 is 1.86. The first-order valence-electron chi connectivity index (χ1n) is 7.88. The number of fused-ring (bicyclic) bond motifs is 1. The molecule has 24 heavy (non-hydrogen) atoms. The van der Waals surface area contributed by atoms with Crippen LogP contribution >= 0.6 is 0 Å². The summed E-state index contributed by atoms with van der Waals surface area (Å²) in [5.41, 5.74) is 9.14. The average Bonchev–Trinajstić information content (AvgIpc) is 3.05. The Morgan fingerprint density at radius 1 is 1.25 bits per heavy atom. The Hall–Kier alpha value is -2.93. The molecule has 0 aliphatic carbocycles. The monoisotopic (exact) mass is 322 g/mol. The Morgan fingerprint density at radius 3 is 2.92 bits per heavy atom. The van der Waals surface area contributed by atoms with Crippen LogP contribution in [-0.2, 0) is 19.5 Å². The van der Waals surface area contributed by atoms with Gasteiger partial charge in [-0.3, -0.25) is 14.7 Å². The number of nitrogen functional groups attached to an aromatic ring is 1. The third kappa shape index (κ3) is 2.81. The van der Waals surface area contributed by atoms with Gasteiger partial charge in [0.2, 0.25) is 5.95 Å². The summed E-state index contributed by atoms with van der Waals surface area (Å²) in [7, 11) is 0. The minimum Gasteiger partial charge on any atom is -0.369 e. The van der Waals surface area contributed by atoms with Gasteiger partial charge in [0, 0.05) is 37.8 Å². The number of para-hydroxylation sites is 1. The zero-order valence-corrected chi connectivity index (χ0v) is 13.1. The number of rotatable bonds is 3. The first-order chi connectivity index (χ1) is 11.7. The molecule has 3 N–H and O–H groups in total. The minimum absolute atomic E-state index is 0.137. The maximum atomic E-state index is 12.1. The van der Waals surface area contributed by atoms with Gasteiger partial charge in [-0.25, -0.2) is 9.67 Å². The van der Waals surface area contributed by atoms with E-state index in [1.165, 1.54) is 0 Å². The highest BCUT2D eigenvalue weighted by Gasteiger charge is 2.21. The molecule has 1 aliphatic rings. The normalized spacial score (nSPS) is 14.5. The molecule has 0 bridgehead atoms. The van der Waals surface area contributed by atoms with Crippen molar-refractivity contribution in [1.82, 2.24) is 24.6 Å². The third-order valence-corrected chi connectivity index (χ3v) is 4.23. The molecule has 122 valence electrons. The van der Waals surface area contributed by atoms with Crippen molar-refractivity contribution in [1.29, 1.82) is 0 Å². The number of hydrogen-bond acceptors (Lipinski definition) is 5. The molecule has 1 aromatic carbocycles. The van der Waals surface area contributed by atoms with E-state index in [4.69, 9.17) is 5.73 Å². The number of aromatic nitrogens is 4. The van der Waals surface area contributed by atoms with E-state index in [9.17, 15) is 4.79 Å². The highest BCUT2D eigenvalue weighted by molar-refractivity contribution is 5.31. The van der Waals surface area contributed by atoms with Crippen molar-refractivity contribution < 1.29 is 0 Å². The van der Waals surface area contributed by atoms with E-state index in [-0.39, 0.29) is 11.5 Å². The number of hydrogen-bond donors (Lipinski definition) is 2. The Morgan fingerprint density at radius 2 is 2.08 bits per heavy atom. The highest BCUT2D eigenvalue weighted by Crippen LogP contribution is 2.17. The van der Waals surface area contributed by atoms with Crippen LogP contribution in [0.4, 0.5) is 5.95 Å². The van der Waals surface area contributed by atoms with Crippen molar-refractivity contribution in [3.63, 3.8) is 0 Å². The lowest BCUT2D eigenvalue weighted by Gasteiger charge is -2.26. The van der Waals surface area contributed by atoms with Crippen LogP contribution in [0.1, 0.15) is 16.8 Å². The molecule has 7 heteroatoms. The van der Waals surface area contributed by atoms with Crippen LogP contribution in [0.2, 0.25) is 0 Å². The number of H-pyrrole nitrogens is 1. The first kappa shape index (κ1) is 14.6. The zero-order valence-electron chi connectivity index (χ0n) is 13.1. The summed E-state index contributed by atoms with van der Waals surface area (Å²) in [6, 6.07) is 10.00. The average molecular weight is 322 g/mol. The Labute approximate surface area is 138 Å². The fourth-order valence-electron chi connectivity index (χ4n) is 3.06. The van der Waals surface area contributed by atoms with Crippen molar-refractivity contribution in [2.45, 2.75) is 19.5 Å². The van der Waals surface area contributed by atoms with E-state index in [1.54, 1.807) is 0 Å². The molecule has 1 aliphatic heterocycles. The van der Waals surface area contributed by atoms with Crippen LogP contribution < -0.4 is 11.3 Å². The second kappa shape index (κ2) is 5.93. The van der Waals surface area contributed by atoms with Gasteiger partial charge in [-0.2, -0.15) is 5.10 Å². The zero-order chi connectivity index (χ0) is 16.5. The molecule has 3 heterocycles. The van der Waals surface area contributed by atoms with E-state index in [0.717, 1.165) is 36.5 Å². The molecule has 0 radical (unpaired) electrons. The van der Waals surface area contributed by atoms with Crippen LogP contribution in [0.5, 0.6) is 0 Å². The predicted molar refractivity (Wildman–Crippen MR) is 90.7 cm³/mol. The molecule has 0 fully saturated rings. The Balaban J connectivity index is 1.51. The van der Waals surface area contributed by atoms with Gasteiger partial charge in [-0.15, -0.1) is 0 Å². The van der Waals surface area contributed by atoms with Crippen molar-refractivity contribution in [2.75, 3.05) is 12.3 Å². The lowest BCUT2D eigenvalue weighted by atomic mass is 10.1. The van der Waals surface area contributed by atoms with Gasteiger partial charge in [0.1, 0.15) is 0 Å². The molecule has 2 aromatic heterocycles. The SMILES string of the molecule is Nc1nc2c(c(=O)[nH]1)CN(Cc1cnn(-c3ccccc3)c1)CC2. The predicted octanol–water partition coefficient (Wildman–Crippen LogP) is 1.10. The lowest BCUT2D eigenvalue weighted by molar-refractivity contribution is 0.242. The van der Waals surface area contributed by atoms with Crippen LogP contribution in [0.3, 0.4) is 0 Å². The molecule has 0 saturated heterocycles. The van der Waals surface area contributed by atoms with Crippen LogP contribution in [0.25, 0.3) is 5.69 Å². The number of aromatic amines is 1. The van der Waals surface area contributed by atoms with Crippen molar-refractivity contribution in [3.05, 3.63) is 69.9 Å². The van der Waals surface area contributed by atoms with Gasteiger partial charge in [-0.1, -0.05) is 18.2 Å². The smallest absolute Gasteiger partial charge is 0.257 e. The molecule has 0 spiro atoms. The van der Waals surface area contributed by atoms with E-state index >= 15 is 0 Å². The van der Waals surface area contributed by atoms with Gasteiger partial charge >= 0.3 is 0 Å². The maximum absolute atomic E-state index is 12.1. The molecule has 3 aromatic rings. The summed E-state index contributed by atoms with van der Waals surface area (Å²) in [5, 5.41) is 4.42. The molecule has 0 amide bonds. The Kier molecular flexibility index (Phi) is 3.62. The number of nitrogens with zero attached hydrogens (tertiary/aromatic N) is 4. The van der Waals surface area contributed by atoms with E-state index < -0.39 is 0 Å². The Bertz CT molecular complexity index is 914. The standard InChI is InChI=1S/C17H18N6O/c18-17-20-15-6-7-22(11-14(15)16(24)21-17)9-12-8-19-23(10-12)13-4-2-1-3-5-13/h1-5,8,10H,6-7,9,11H2,(H3,18,20,21,24). The number of anilines is 1. The number of nitrogens with one attached hydrogen (secondary N) is 1. The van der Waals surface area contributed by atoms with Crippen LogP contribution in [0, 0.1) is 0 Å². The van der Waals surface area contributed by atoms with E-state index in [0.29, 0.717) is 12.1 Å². The van der Waals surface area contributed by atoms with Gasteiger partial charge in [-0.05, 0) is 12.1 Å². The third-order valence-electron chi connectivity index (χ3n) is 4.23. The van der Waals surface area contributed by atoms with Gasteiger partial charge < -0.3 is 5.73 Å². The molecular formula is C17H18N6O. The quantitative estimate of drug-likeness (QED) is 0.753. The van der Waals surface area contributed by atoms with E-state index in [2.05, 4.69) is 20.0 Å².